The molecule has 0 saturated heterocycles. The molecular formula is C17H16BrNO4. The van der Waals surface area contributed by atoms with E-state index < -0.39 is 5.97 Å². The van der Waals surface area contributed by atoms with E-state index in [2.05, 4.69) is 20.9 Å². The van der Waals surface area contributed by atoms with Gasteiger partial charge in [-0.25, -0.2) is 4.79 Å². The van der Waals surface area contributed by atoms with Crippen LogP contribution in [0.3, 0.4) is 0 Å². The highest BCUT2D eigenvalue weighted by atomic mass is 79.9. The summed E-state index contributed by atoms with van der Waals surface area (Å²) in [4.78, 5) is 26.3. The summed E-state index contributed by atoms with van der Waals surface area (Å²) in [5.74, 6) is -0.695. The van der Waals surface area contributed by atoms with Gasteiger partial charge in [-0.15, -0.1) is 0 Å². The van der Waals surface area contributed by atoms with E-state index in [9.17, 15) is 9.59 Å². The quantitative estimate of drug-likeness (QED) is 0.609. The lowest BCUT2D eigenvalue weighted by molar-refractivity contribution is 0.0690. The third-order valence-corrected chi connectivity index (χ3v) is 4.00. The van der Waals surface area contributed by atoms with Crippen molar-refractivity contribution >= 4 is 33.8 Å². The van der Waals surface area contributed by atoms with Gasteiger partial charge < -0.3 is 14.8 Å². The number of carboxylic acids is 1. The third kappa shape index (κ3) is 3.53. The first-order chi connectivity index (χ1) is 10.8. The Morgan fingerprint density at radius 1 is 1.30 bits per heavy atom. The summed E-state index contributed by atoms with van der Waals surface area (Å²) in [7, 11) is 1.56. The second-order valence-electron chi connectivity index (χ2n) is 5.01. The molecule has 2 rings (SSSR count). The highest BCUT2D eigenvalue weighted by Crippen LogP contribution is 2.25. The van der Waals surface area contributed by atoms with Crippen molar-refractivity contribution < 1.29 is 19.4 Å². The van der Waals surface area contributed by atoms with Crippen molar-refractivity contribution in [2.45, 2.75) is 13.8 Å². The fourth-order valence-corrected chi connectivity index (χ4v) is 2.80. The maximum Gasteiger partial charge on any atom is 0.352 e. The van der Waals surface area contributed by atoms with E-state index in [0.29, 0.717) is 22.6 Å². The SMILES string of the molecule is COc1ccc(Br)cc1/C=C/C(=O)c1c(C)[nH]c(C(=O)O)c1C. The lowest BCUT2D eigenvalue weighted by Gasteiger charge is -2.05. The first-order valence-corrected chi connectivity index (χ1v) is 7.62. The Labute approximate surface area is 142 Å². The van der Waals surface area contributed by atoms with Gasteiger partial charge in [-0.2, -0.15) is 0 Å². The molecule has 0 aliphatic carbocycles. The number of nitrogens with one attached hydrogen (secondary N) is 1. The molecule has 0 amide bonds. The summed E-state index contributed by atoms with van der Waals surface area (Å²) in [6.45, 7) is 3.30. The van der Waals surface area contributed by atoms with Gasteiger partial charge in [-0.05, 0) is 49.8 Å². The topological polar surface area (TPSA) is 79.4 Å². The van der Waals surface area contributed by atoms with Crippen LogP contribution < -0.4 is 4.74 Å². The van der Waals surface area contributed by atoms with Crippen molar-refractivity contribution in [1.82, 2.24) is 4.98 Å². The monoisotopic (exact) mass is 377 g/mol. The van der Waals surface area contributed by atoms with Gasteiger partial charge in [0.1, 0.15) is 11.4 Å². The minimum Gasteiger partial charge on any atom is -0.496 e. The highest BCUT2D eigenvalue weighted by molar-refractivity contribution is 9.10. The number of carbonyl (C=O) groups is 2. The number of ketones is 1. The summed E-state index contributed by atoms with van der Waals surface area (Å²) in [5, 5.41) is 9.11. The van der Waals surface area contributed by atoms with Crippen LogP contribution in [0.1, 0.15) is 37.7 Å². The van der Waals surface area contributed by atoms with E-state index in [4.69, 9.17) is 9.84 Å². The van der Waals surface area contributed by atoms with E-state index in [1.54, 1.807) is 33.1 Å². The van der Waals surface area contributed by atoms with Crippen molar-refractivity contribution in [2.24, 2.45) is 0 Å². The molecule has 1 aromatic heterocycles. The van der Waals surface area contributed by atoms with Crippen LogP contribution in [0.4, 0.5) is 0 Å². The lowest BCUT2D eigenvalue weighted by atomic mass is 10.0. The molecule has 2 N–H and O–H groups in total. The van der Waals surface area contributed by atoms with Crippen LogP contribution >= 0.6 is 15.9 Å². The van der Waals surface area contributed by atoms with Crippen molar-refractivity contribution in [3.8, 4) is 5.75 Å². The van der Waals surface area contributed by atoms with E-state index in [1.807, 2.05) is 12.1 Å². The highest BCUT2D eigenvalue weighted by Gasteiger charge is 2.20. The molecule has 0 aliphatic heterocycles. The summed E-state index contributed by atoms with van der Waals surface area (Å²) >= 11 is 3.38. The first kappa shape index (κ1) is 17.0. The van der Waals surface area contributed by atoms with E-state index in [1.165, 1.54) is 6.08 Å². The Kier molecular flexibility index (Phi) is 5.05. The molecule has 120 valence electrons. The molecule has 23 heavy (non-hydrogen) atoms. The number of halogens is 1. The second-order valence-corrected chi connectivity index (χ2v) is 5.93. The van der Waals surface area contributed by atoms with Gasteiger partial charge in [0.05, 0.1) is 7.11 Å². The Balaban J connectivity index is 2.37. The predicted octanol–water partition coefficient (Wildman–Crippen LogP) is 4.00. The second kappa shape index (κ2) is 6.83. The molecular weight excluding hydrogens is 362 g/mol. The molecule has 0 fully saturated rings. The molecule has 2 aromatic rings. The van der Waals surface area contributed by atoms with Gasteiger partial charge in [0.2, 0.25) is 0 Å². The number of methoxy groups -OCH3 is 1. The Bertz CT molecular complexity index is 805. The predicted molar refractivity (Wildman–Crippen MR) is 91.3 cm³/mol. The van der Waals surface area contributed by atoms with Crippen LogP contribution in [-0.2, 0) is 0 Å². The van der Waals surface area contributed by atoms with E-state index in [0.717, 1.165) is 10.0 Å². The number of ether oxygens (including phenoxy) is 1. The number of benzene rings is 1. The molecule has 0 atom stereocenters. The average molecular weight is 378 g/mol. The molecule has 0 spiro atoms. The third-order valence-electron chi connectivity index (χ3n) is 3.50. The van der Waals surface area contributed by atoms with Crippen LogP contribution in [-0.4, -0.2) is 29.0 Å². The number of hydrogen-bond acceptors (Lipinski definition) is 3. The summed E-state index contributed by atoms with van der Waals surface area (Å²) < 4.78 is 6.12. The zero-order valence-electron chi connectivity index (χ0n) is 12.9. The fourth-order valence-electron chi connectivity index (χ4n) is 2.42. The molecule has 1 aromatic carbocycles. The molecule has 0 unspecified atom stereocenters. The summed E-state index contributed by atoms with van der Waals surface area (Å²) in [6, 6.07) is 5.48. The molecule has 5 nitrogen and oxygen atoms in total. The van der Waals surface area contributed by atoms with Crippen molar-refractivity contribution in [3.63, 3.8) is 0 Å². The number of allylic oxidation sites excluding steroid dienone is 1. The van der Waals surface area contributed by atoms with Gasteiger partial charge in [-0.3, -0.25) is 4.79 Å². The number of aromatic nitrogens is 1. The maximum atomic E-state index is 12.4. The molecule has 1 heterocycles. The standard InChI is InChI=1S/C17H16BrNO4/c1-9-15(10(2)19-16(9)17(21)22)13(20)6-4-11-8-12(18)5-7-14(11)23-3/h4-8,19H,1-3H3,(H,21,22)/b6-4+. The van der Waals surface area contributed by atoms with Crippen LogP contribution in [0.5, 0.6) is 5.75 Å². The zero-order valence-corrected chi connectivity index (χ0v) is 14.5. The Morgan fingerprint density at radius 3 is 2.57 bits per heavy atom. The van der Waals surface area contributed by atoms with Gasteiger partial charge in [0.15, 0.2) is 5.78 Å². The van der Waals surface area contributed by atoms with Crippen molar-refractivity contribution in [3.05, 3.63) is 56.8 Å². The zero-order chi connectivity index (χ0) is 17.1. The smallest absolute Gasteiger partial charge is 0.352 e. The number of hydrogen-bond donors (Lipinski definition) is 2. The van der Waals surface area contributed by atoms with Crippen molar-refractivity contribution in [1.29, 1.82) is 0 Å². The number of rotatable bonds is 5. The molecule has 0 radical (unpaired) electrons. The van der Waals surface area contributed by atoms with Gasteiger partial charge >= 0.3 is 5.97 Å². The van der Waals surface area contributed by atoms with Gasteiger partial charge in [0, 0.05) is 21.3 Å². The van der Waals surface area contributed by atoms with Crippen molar-refractivity contribution in [2.75, 3.05) is 7.11 Å². The molecule has 6 heteroatoms. The van der Waals surface area contributed by atoms with Crippen LogP contribution in [0, 0.1) is 13.8 Å². The number of aryl methyl sites for hydroxylation is 1. The Morgan fingerprint density at radius 2 is 2.00 bits per heavy atom. The Hall–Kier alpha value is -2.34. The number of carboxylic acid groups (broad SMARTS) is 1. The normalized spacial score (nSPS) is 11.0. The first-order valence-electron chi connectivity index (χ1n) is 6.83. The number of aromatic amines is 1. The van der Waals surface area contributed by atoms with Gasteiger partial charge in [0.25, 0.3) is 0 Å². The summed E-state index contributed by atoms with van der Waals surface area (Å²) in [6.07, 6.45) is 3.07. The van der Waals surface area contributed by atoms with E-state index in [-0.39, 0.29) is 11.5 Å². The minimum absolute atomic E-state index is 0.0410. The minimum atomic E-state index is -1.08. The van der Waals surface area contributed by atoms with Gasteiger partial charge in [-0.1, -0.05) is 15.9 Å². The lowest BCUT2D eigenvalue weighted by Crippen LogP contribution is -2.01. The molecule has 0 saturated carbocycles. The van der Waals surface area contributed by atoms with E-state index >= 15 is 0 Å². The van der Waals surface area contributed by atoms with Crippen LogP contribution in [0.15, 0.2) is 28.7 Å². The largest absolute Gasteiger partial charge is 0.496 e. The molecule has 0 bridgehead atoms. The number of H-pyrrole nitrogens is 1. The number of aromatic carboxylic acids is 1. The number of carbonyl (C=O) groups excluding carboxylic acids is 1. The average Bonchev–Trinajstić information content (AvgIpc) is 2.80. The molecule has 0 aliphatic rings. The summed E-state index contributed by atoms with van der Waals surface area (Å²) in [5.41, 5.74) is 2.15. The van der Waals surface area contributed by atoms with Crippen LogP contribution in [0.25, 0.3) is 6.08 Å². The fraction of sp³-hybridized carbons (Fsp3) is 0.176. The van der Waals surface area contributed by atoms with Crippen LogP contribution in [0.2, 0.25) is 0 Å². The maximum absolute atomic E-state index is 12.4.